The molecule has 0 atom stereocenters. The second-order valence-corrected chi connectivity index (χ2v) is 9.32. The Morgan fingerprint density at radius 2 is 1.97 bits per heavy atom. The van der Waals surface area contributed by atoms with E-state index in [2.05, 4.69) is 10.1 Å². The molecule has 1 amide bonds. The van der Waals surface area contributed by atoms with Crippen LogP contribution in [0, 0.1) is 11.7 Å². The summed E-state index contributed by atoms with van der Waals surface area (Å²) < 4.78 is 21.6. The molecular formula is C25H31FN6O4. The molecule has 10 nitrogen and oxygen atoms in total. The lowest BCUT2D eigenvalue weighted by Gasteiger charge is -2.24. The smallest absolute Gasteiger partial charge is 0.330 e. The van der Waals surface area contributed by atoms with Crippen molar-refractivity contribution in [3.63, 3.8) is 0 Å². The SMILES string of the molecule is COCCCN(C(=O)c1nn(-c2ccc(F)cc2)c2c1CCC2)c1c(N)n(CC(C)C)c(=O)[nH]c1=O. The van der Waals surface area contributed by atoms with E-state index in [1.54, 1.807) is 23.9 Å². The van der Waals surface area contributed by atoms with Crippen molar-refractivity contribution >= 4 is 17.4 Å². The van der Waals surface area contributed by atoms with Gasteiger partial charge in [0.2, 0.25) is 0 Å². The van der Waals surface area contributed by atoms with Crippen molar-refractivity contribution in [2.24, 2.45) is 5.92 Å². The van der Waals surface area contributed by atoms with Crippen LogP contribution in [0.5, 0.6) is 0 Å². The van der Waals surface area contributed by atoms with Crippen molar-refractivity contribution in [2.45, 2.75) is 46.1 Å². The Bertz CT molecular complexity index is 1370. The fourth-order valence-corrected chi connectivity index (χ4v) is 4.60. The van der Waals surface area contributed by atoms with Gasteiger partial charge in [-0.05, 0) is 55.9 Å². The lowest BCUT2D eigenvalue weighted by molar-refractivity contribution is 0.0977. The Labute approximate surface area is 207 Å². The number of nitrogens with zero attached hydrogens (tertiary/aromatic N) is 4. The summed E-state index contributed by atoms with van der Waals surface area (Å²) in [5, 5.41) is 4.60. The molecule has 36 heavy (non-hydrogen) atoms. The monoisotopic (exact) mass is 498 g/mol. The zero-order valence-corrected chi connectivity index (χ0v) is 20.7. The second-order valence-electron chi connectivity index (χ2n) is 9.32. The number of hydrogen-bond acceptors (Lipinski definition) is 6. The summed E-state index contributed by atoms with van der Waals surface area (Å²) in [6.07, 6.45) is 2.66. The van der Waals surface area contributed by atoms with Crippen LogP contribution in [0.15, 0.2) is 33.9 Å². The molecule has 2 heterocycles. The van der Waals surface area contributed by atoms with E-state index in [1.807, 2.05) is 13.8 Å². The van der Waals surface area contributed by atoms with Gasteiger partial charge < -0.3 is 10.5 Å². The lowest BCUT2D eigenvalue weighted by atomic mass is 10.1. The highest BCUT2D eigenvalue weighted by atomic mass is 19.1. The number of aromatic nitrogens is 4. The van der Waals surface area contributed by atoms with Crippen LogP contribution in [-0.4, -0.2) is 45.5 Å². The fraction of sp³-hybridized carbons (Fsp3) is 0.440. The largest absolute Gasteiger partial charge is 0.385 e. The molecule has 0 spiro atoms. The number of amides is 1. The van der Waals surface area contributed by atoms with Gasteiger partial charge in [-0.15, -0.1) is 0 Å². The van der Waals surface area contributed by atoms with Crippen molar-refractivity contribution in [1.29, 1.82) is 0 Å². The first-order valence-corrected chi connectivity index (χ1v) is 12.0. The van der Waals surface area contributed by atoms with Crippen LogP contribution in [0.25, 0.3) is 5.69 Å². The Balaban J connectivity index is 1.83. The molecule has 0 radical (unpaired) electrons. The van der Waals surface area contributed by atoms with E-state index >= 15 is 0 Å². The van der Waals surface area contributed by atoms with E-state index in [1.165, 1.54) is 21.6 Å². The number of H-pyrrole nitrogens is 1. The average molecular weight is 499 g/mol. The van der Waals surface area contributed by atoms with Gasteiger partial charge in [-0.1, -0.05) is 13.8 Å². The van der Waals surface area contributed by atoms with E-state index in [0.29, 0.717) is 25.1 Å². The third-order valence-corrected chi connectivity index (χ3v) is 6.21. The predicted octanol–water partition coefficient (Wildman–Crippen LogP) is 2.27. The molecule has 4 rings (SSSR count). The van der Waals surface area contributed by atoms with E-state index in [0.717, 1.165) is 24.1 Å². The van der Waals surface area contributed by atoms with Gasteiger partial charge in [-0.3, -0.25) is 24.0 Å². The zero-order valence-electron chi connectivity index (χ0n) is 20.7. The molecule has 0 aliphatic heterocycles. The topological polar surface area (TPSA) is 128 Å². The van der Waals surface area contributed by atoms with Crippen LogP contribution in [0.4, 0.5) is 15.9 Å². The zero-order chi connectivity index (χ0) is 26.0. The molecule has 0 unspecified atom stereocenters. The summed E-state index contributed by atoms with van der Waals surface area (Å²) in [6, 6.07) is 5.90. The van der Waals surface area contributed by atoms with Gasteiger partial charge in [0.25, 0.3) is 11.5 Å². The second kappa shape index (κ2) is 10.5. The summed E-state index contributed by atoms with van der Waals surface area (Å²) in [5.41, 5.74) is 7.42. The summed E-state index contributed by atoms with van der Waals surface area (Å²) in [6.45, 7) is 4.61. The third kappa shape index (κ3) is 4.83. The van der Waals surface area contributed by atoms with Gasteiger partial charge >= 0.3 is 5.69 Å². The molecule has 1 aliphatic carbocycles. The molecule has 1 aromatic carbocycles. The molecule has 192 valence electrons. The van der Waals surface area contributed by atoms with Gasteiger partial charge in [0, 0.05) is 38.1 Å². The Morgan fingerprint density at radius 3 is 2.64 bits per heavy atom. The first-order valence-electron chi connectivity index (χ1n) is 12.0. The Kier molecular flexibility index (Phi) is 7.39. The van der Waals surface area contributed by atoms with Crippen LogP contribution >= 0.6 is 0 Å². The summed E-state index contributed by atoms with van der Waals surface area (Å²) in [5.74, 6) is -0.847. The molecule has 1 aliphatic rings. The third-order valence-electron chi connectivity index (χ3n) is 6.21. The molecule has 11 heteroatoms. The number of anilines is 2. The van der Waals surface area contributed by atoms with Crippen molar-refractivity contribution in [3.8, 4) is 5.69 Å². The summed E-state index contributed by atoms with van der Waals surface area (Å²) in [7, 11) is 1.55. The number of nitrogen functional groups attached to an aromatic ring is 1. The van der Waals surface area contributed by atoms with Crippen LogP contribution in [0.3, 0.4) is 0 Å². The number of hydrogen-bond donors (Lipinski definition) is 2. The van der Waals surface area contributed by atoms with Crippen molar-refractivity contribution in [1.82, 2.24) is 19.3 Å². The maximum atomic E-state index is 14.0. The number of fused-ring (bicyclic) bond motifs is 1. The number of rotatable bonds is 9. The van der Waals surface area contributed by atoms with E-state index in [-0.39, 0.29) is 42.0 Å². The van der Waals surface area contributed by atoms with E-state index in [4.69, 9.17) is 10.5 Å². The first kappa shape index (κ1) is 25.4. The van der Waals surface area contributed by atoms with Crippen molar-refractivity contribution in [3.05, 3.63) is 67.9 Å². The van der Waals surface area contributed by atoms with Crippen LogP contribution in [-0.2, 0) is 24.1 Å². The number of carbonyl (C=O) groups excluding carboxylic acids is 1. The normalized spacial score (nSPS) is 12.8. The van der Waals surface area contributed by atoms with Crippen molar-refractivity contribution < 1.29 is 13.9 Å². The van der Waals surface area contributed by atoms with Gasteiger partial charge in [-0.2, -0.15) is 5.10 Å². The minimum absolute atomic E-state index is 0.0715. The highest BCUT2D eigenvalue weighted by molar-refractivity contribution is 6.07. The molecule has 3 N–H and O–H groups in total. The lowest BCUT2D eigenvalue weighted by Crippen LogP contribution is -2.42. The molecule has 3 aromatic rings. The highest BCUT2D eigenvalue weighted by Gasteiger charge is 2.32. The van der Waals surface area contributed by atoms with E-state index < -0.39 is 17.2 Å². The molecule has 0 bridgehead atoms. The number of nitrogens with one attached hydrogen (secondary N) is 1. The van der Waals surface area contributed by atoms with Crippen LogP contribution in [0.1, 0.15) is 48.4 Å². The van der Waals surface area contributed by atoms with E-state index in [9.17, 15) is 18.8 Å². The van der Waals surface area contributed by atoms with Gasteiger partial charge in [-0.25, -0.2) is 13.9 Å². The average Bonchev–Trinajstić information content (AvgIpc) is 3.44. The Morgan fingerprint density at radius 1 is 1.25 bits per heavy atom. The molecule has 0 saturated heterocycles. The maximum Gasteiger partial charge on any atom is 0.330 e. The van der Waals surface area contributed by atoms with Crippen LogP contribution in [0.2, 0.25) is 0 Å². The fourth-order valence-electron chi connectivity index (χ4n) is 4.60. The highest BCUT2D eigenvalue weighted by Crippen LogP contribution is 2.30. The quantitative estimate of drug-likeness (QED) is 0.436. The first-order chi connectivity index (χ1) is 17.2. The standard InChI is InChI=1S/C25H31FN6O4/c1-15(2)14-31-22(27)21(23(33)28-25(31)35)30(12-5-13-36-3)24(34)20-18-6-4-7-19(18)32(29-20)17-10-8-16(26)9-11-17/h8-11,15H,4-7,12-14,27H2,1-3H3,(H,28,33,35). The van der Waals surface area contributed by atoms with Crippen molar-refractivity contribution in [2.75, 3.05) is 30.9 Å². The van der Waals surface area contributed by atoms with Gasteiger partial charge in [0.15, 0.2) is 11.4 Å². The van der Waals surface area contributed by atoms with Gasteiger partial charge in [0.05, 0.1) is 5.69 Å². The molecule has 2 aromatic heterocycles. The maximum absolute atomic E-state index is 14.0. The summed E-state index contributed by atoms with van der Waals surface area (Å²) in [4.78, 5) is 43.0. The van der Waals surface area contributed by atoms with Crippen LogP contribution < -0.4 is 21.9 Å². The Hall–Kier alpha value is -3.73. The number of ether oxygens (including phenoxy) is 1. The molecule has 0 saturated carbocycles. The number of aromatic amines is 1. The number of carbonyl (C=O) groups is 1. The minimum Gasteiger partial charge on any atom is -0.385 e. The summed E-state index contributed by atoms with van der Waals surface area (Å²) >= 11 is 0. The molecule has 0 fully saturated rings. The number of halogens is 1. The predicted molar refractivity (Wildman–Crippen MR) is 134 cm³/mol. The van der Waals surface area contributed by atoms with Gasteiger partial charge in [0.1, 0.15) is 11.6 Å². The molecular weight excluding hydrogens is 467 g/mol. The number of nitrogens with two attached hydrogens (primary N) is 1. The number of benzene rings is 1. The number of methoxy groups -OCH3 is 1. The minimum atomic E-state index is -0.738.